The molecule has 1 aliphatic rings. The molecule has 0 radical (unpaired) electrons. The van der Waals surface area contributed by atoms with Gasteiger partial charge in [-0.3, -0.25) is 0 Å². The van der Waals surface area contributed by atoms with E-state index in [1.165, 1.54) is 49.0 Å². The zero-order valence-corrected chi connectivity index (χ0v) is 18.6. The Bertz CT molecular complexity index is 1200. The SMILES string of the molecule is CC1CCCCC1.Cc1nc2ccc(-c3c(F)cn4nc(N)ncc34)nc2n1C(C)C. The molecule has 4 heterocycles. The van der Waals surface area contributed by atoms with E-state index in [0.29, 0.717) is 16.8 Å². The van der Waals surface area contributed by atoms with E-state index < -0.39 is 5.82 Å². The molecule has 7 nitrogen and oxygen atoms in total. The molecule has 0 aliphatic heterocycles. The van der Waals surface area contributed by atoms with E-state index in [0.717, 1.165) is 22.9 Å². The third-order valence-corrected chi connectivity index (χ3v) is 5.89. The Balaban J connectivity index is 0.000000282. The number of imidazole rings is 1. The van der Waals surface area contributed by atoms with Crippen LogP contribution in [0.1, 0.15) is 64.7 Å². The lowest BCUT2D eigenvalue weighted by atomic mass is 9.91. The predicted molar refractivity (Wildman–Crippen MR) is 121 cm³/mol. The molecule has 4 aromatic rings. The van der Waals surface area contributed by atoms with Crippen molar-refractivity contribution in [2.24, 2.45) is 5.92 Å². The Morgan fingerprint density at radius 3 is 2.52 bits per heavy atom. The summed E-state index contributed by atoms with van der Waals surface area (Å²) in [6, 6.07) is 3.82. The van der Waals surface area contributed by atoms with Crippen LogP contribution in [-0.2, 0) is 0 Å². The van der Waals surface area contributed by atoms with E-state index in [1.807, 2.05) is 17.6 Å². The summed E-state index contributed by atoms with van der Waals surface area (Å²) < 4.78 is 17.9. The van der Waals surface area contributed by atoms with Gasteiger partial charge in [-0.25, -0.2) is 23.9 Å². The van der Waals surface area contributed by atoms with Crippen LogP contribution < -0.4 is 5.73 Å². The smallest absolute Gasteiger partial charge is 0.238 e. The molecule has 1 saturated carbocycles. The van der Waals surface area contributed by atoms with Crippen molar-refractivity contribution in [3.63, 3.8) is 0 Å². The molecule has 8 heteroatoms. The Kier molecular flexibility index (Phi) is 5.89. The Morgan fingerprint density at radius 2 is 1.87 bits per heavy atom. The average molecular weight is 424 g/mol. The number of fused-ring (bicyclic) bond motifs is 2. The molecule has 0 amide bonds. The standard InChI is InChI=1S/C16H16FN7.C7H14/c1-8(2)24-9(3)20-12-5-4-11(21-15(12)24)14-10(17)7-23-13(14)6-19-16(18)22-23;1-7-5-3-2-4-6-7/h4-8H,1-3H3,(H2,18,22);7H,2-6H2,1H3. The molecule has 0 unspecified atom stereocenters. The summed E-state index contributed by atoms with van der Waals surface area (Å²) in [5, 5.41) is 3.99. The van der Waals surface area contributed by atoms with Crippen molar-refractivity contribution in [2.45, 2.75) is 65.8 Å². The van der Waals surface area contributed by atoms with E-state index in [1.54, 1.807) is 6.07 Å². The predicted octanol–water partition coefficient (Wildman–Crippen LogP) is 5.34. The van der Waals surface area contributed by atoms with E-state index >= 15 is 0 Å². The maximum absolute atomic E-state index is 14.5. The summed E-state index contributed by atoms with van der Waals surface area (Å²) in [4.78, 5) is 13.1. The summed E-state index contributed by atoms with van der Waals surface area (Å²) in [6.07, 6.45) is 10.2. The van der Waals surface area contributed by atoms with Crippen molar-refractivity contribution in [3.05, 3.63) is 36.2 Å². The Labute approximate surface area is 181 Å². The van der Waals surface area contributed by atoms with E-state index in [4.69, 9.17) is 5.73 Å². The fraction of sp³-hybridized carbons (Fsp3) is 0.478. The highest BCUT2D eigenvalue weighted by atomic mass is 19.1. The normalized spacial score (nSPS) is 14.9. The molecule has 1 fully saturated rings. The van der Waals surface area contributed by atoms with Crippen LogP contribution in [0.5, 0.6) is 0 Å². The minimum absolute atomic E-state index is 0.0842. The number of nitrogen functional groups attached to an aromatic ring is 1. The highest BCUT2D eigenvalue weighted by molar-refractivity contribution is 5.83. The third-order valence-electron chi connectivity index (χ3n) is 5.89. The van der Waals surface area contributed by atoms with E-state index in [9.17, 15) is 4.39 Å². The average Bonchev–Trinajstić information content (AvgIpc) is 3.23. The minimum Gasteiger partial charge on any atom is -0.367 e. The number of hydrogen-bond donors (Lipinski definition) is 1. The van der Waals surface area contributed by atoms with Gasteiger partial charge in [-0.1, -0.05) is 39.0 Å². The molecule has 5 rings (SSSR count). The van der Waals surface area contributed by atoms with Gasteiger partial charge in [-0.05, 0) is 38.8 Å². The van der Waals surface area contributed by atoms with Gasteiger partial charge in [0.2, 0.25) is 5.95 Å². The molecule has 164 valence electrons. The maximum atomic E-state index is 14.5. The highest BCUT2D eigenvalue weighted by Gasteiger charge is 2.18. The van der Waals surface area contributed by atoms with Gasteiger partial charge in [-0.2, -0.15) is 0 Å². The first-order valence-corrected chi connectivity index (χ1v) is 11.0. The number of anilines is 1. The zero-order valence-electron chi connectivity index (χ0n) is 18.6. The maximum Gasteiger partial charge on any atom is 0.238 e. The fourth-order valence-electron chi connectivity index (χ4n) is 4.35. The lowest BCUT2D eigenvalue weighted by molar-refractivity contribution is 0.385. The van der Waals surface area contributed by atoms with Crippen LogP contribution in [-0.4, -0.2) is 29.1 Å². The lowest BCUT2D eigenvalue weighted by Crippen LogP contribution is -2.04. The van der Waals surface area contributed by atoms with Gasteiger partial charge < -0.3 is 10.3 Å². The number of aryl methyl sites for hydroxylation is 1. The second-order valence-corrected chi connectivity index (χ2v) is 8.70. The molecular weight excluding hydrogens is 393 g/mol. The quantitative estimate of drug-likeness (QED) is 0.470. The molecule has 0 aromatic carbocycles. The van der Waals surface area contributed by atoms with Crippen molar-refractivity contribution in [1.82, 2.24) is 29.1 Å². The van der Waals surface area contributed by atoms with Crippen LogP contribution in [0.15, 0.2) is 24.5 Å². The topological polar surface area (TPSA) is 86.9 Å². The van der Waals surface area contributed by atoms with Crippen LogP contribution in [0.3, 0.4) is 0 Å². The van der Waals surface area contributed by atoms with Crippen molar-refractivity contribution >= 4 is 22.6 Å². The van der Waals surface area contributed by atoms with Crippen LogP contribution >= 0.6 is 0 Å². The Morgan fingerprint density at radius 1 is 1.13 bits per heavy atom. The van der Waals surface area contributed by atoms with Gasteiger partial charge in [-0.15, -0.1) is 5.10 Å². The highest BCUT2D eigenvalue weighted by Crippen LogP contribution is 2.29. The molecule has 0 bridgehead atoms. The first kappa shape index (κ1) is 21.2. The van der Waals surface area contributed by atoms with Gasteiger partial charge in [0.25, 0.3) is 0 Å². The number of aromatic nitrogens is 6. The number of halogens is 1. The minimum atomic E-state index is -0.422. The Hall–Kier alpha value is -3.03. The van der Waals surface area contributed by atoms with Crippen molar-refractivity contribution < 1.29 is 4.39 Å². The van der Waals surface area contributed by atoms with Gasteiger partial charge in [0, 0.05) is 6.04 Å². The fourth-order valence-corrected chi connectivity index (χ4v) is 4.35. The first-order valence-electron chi connectivity index (χ1n) is 11.0. The number of rotatable bonds is 2. The van der Waals surface area contributed by atoms with Crippen LogP contribution in [0.2, 0.25) is 0 Å². The molecular formula is C23H30FN7. The largest absolute Gasteiger partial charge is 0.367 e. The number of nitrogens with zero attached hydrogens (tertiary/aromatic N) is 6. The molecule has 2 N–H and O–H groups in total. The van der Waals surface area contributed by atoms with Crippen molar-refractivity contribution in [2.75, 3.05) is 5.73 Å². The van der Waals surface area contributed by atoms with Crippen LogP contribution in [0.25, 0.3) is 27.9 Å². The molecule has 0 atom stereocenters. The molecule has 1 aliphatic carbocycles. The third kappa shape index (κ3) is 4.24. The van der Waals surface area contributed by atoms with Crippen LogP contribution in [0, 0.1) is 18.7 Å². The molecule has 4 aromatic heterocycles. The summed E-state index contributed by atoms with van der Waals surface area (Å²) >= 11 is 0. The summed E-state index contributed by atoms with van der Waals surface area (Å²) in [6.45, 7) is 8.42. The van der Waals surface area contributed by atoms with Gasteiger partial charge >= 0.3 is 0 Å². The second kappa shape index (κ2) is 8.61. The van der Waals surface area contributed by atoms with E-state index in [2.05, 4.69) is 40.8 Å². The molecule has 31 heavy (non-hydrogen) atoms. The summed E-state index contributed by atoms with van der Waals surface area (Å²) in [5.74, 6) is 1.58. The molecule has 0 saturated heterocycles. The zero-order chi connectivity index (χ0) is 22.1. The summed E-state index contributed by atoms with van der Waals surface area (Å²) in [7, 11) is 0. The monoisotopic (exact) mass is 423 g/mol. The molecule has 0 spiro atoms. The first-order chi connectivity index (χ1) is 14.8. The number of pyridine rings is 1. The second-order valence-electron chi connectivity index (χ2n) is 8.70. The number of hydrogen-bond acceptors (Lipinski definition) is 5. The van der Waals surface area contributed by atoms with Crippen molar-refractivity contribution in [1.29, 1.82) is 0 Å². The van der Waals surface area contributed by atoms with Gasteiger partial charge in [0.05, 0.1) is 29.2 Å². The lowest BCUT2D eigenvalue weighted by Gasteiger charge is -2.15. The van der Waals surface area contributed by atoms with Crippen molar-refractivity contribution in [3.8, 4) is 11.3 Å². The van der Waals surface area contributed by atoms with Crippen LogP contribution in [0.4, 0.5) is 10.3 Å². The van der Waals surface area contributed by atoms with E-state index in [-0.39, 0.29) is 12.0 Å². The summed E-state index contributed by atoms with van der Waals surface area (Å²) in [5.41, 5.74) is 8.46. The number of nitrogens with two attached hydrogens (primary N) is 1. The van der Waals surface area contributed by atoms with Gasteiger partial charge in [0.1, 0.15) is 11.3 Å². The van der Waals surface area contributed by atoms with Gasteiger partial charge in [0.15, 0.2) is 11.5 Å².